The lowest BCUT2D eigenvalue weighted by Crippen LogP contribution is -2.03. The number of anilines is 1. The van der Waals surface area contributed by atoms with Crippen LogP contribution < -0.4 is 14.8 Å². The van der Waals surface area contributed by atoms with Gasteiger partial charge in [0.15, 0.2) is 11.5 Å². The predicted octanol–water partition coefficient (Wildman–Crippen LogP) is 7.50. The fourth-order valence-electron chi connectivity index (χ4n) is 2.66. The molecule has 3 rings (SSSR count). The molecular formula is C21H17Cl4NO2. The van der Waals surface area contributed by atoms with Crippen LogP contribution in [0.15, 0.2) is 54.6 Å². The van der Waals surface area contributed by atoms with E-state index in [1.807, 2.05) is 36.4 Å². The van der Waals surface area contributed by atoms with Gasteiger partial charge in [-0.25, -0.2) is 0 Å². The highest BCUT2D eigenvalue weighted by Gasteiger charge is 2.13. The fourth-order valence-corrected chi connectivity index (χ4v) is 3.68. The standard InChI is InChI=1S/C21H17Cl4NO2/c1-27-20-7-14(11-26-18-9-16(23)8-17(24)10-18)6-19(25)21(20)28-12-13-3-2-4-15(22)5-13/h2-10,26H,11-12H2,1H3. The van der Waals surface area contributed by atoms with E-state index in [9.17, 15) is 0 Å². The molecule has 0 aliphatic carbocycles. The van der Waals surface area contributed by atoms with Crippen molar-refractivity contribution in [1.29, 1.82) is 0 Å². The summed E-state index contributed by atoms with van der Waals surface area (Å²) < 4.78 is 11.3. The lowest BCUT2D eigenvalue weighted by Gasteiger charge is -2.15. The quantitative estimate of drug-likeness (QED) is 0.399. The minimum Gasteiger partial charge on any atom is -0.493 e. The Balaban J connectivity index is 1.73. The largest absolute Gasteiger partial charge is 0.493 e. The number of hydrogen-bond acceptors (Lipinski definition) is 3. The fraction of sp³-hybridized carbons (Fsp3) is 0.143. The Kier molecular flexibility index (Phi) is 7.19. The summed E-state index contributed by atoms with van der Waals surface area (Å²) in [6.07, 6.45) is 0. The Labute approximate surface area is 184 Å². The monoisotopic (exact) mass is 455 g/mol. The number of hydrogen-bond donors (Lipinski definition) is 1. The smallest absolute Gasteiger partial charge is 0.180 e. The lowest BCUT2D eigenvalue weighted by atomic mass is 10.2. The van der Waals surface area contributed by atoms with Crippen molar-refractivity contribution < 1.29 is 9.47 Å². The highest BCUT2D eigenvalue weighted by molar-refractivity contribution is 6.35. The molecule has 3 aromatic rings. The van der Waals surface area contributed by atoms with Gasteiger partial charge in [-0.2, -0.15) is 0 Å². The summed E-state index contributed by atoms with van der Waals surface area (Å²) >= 11 is 24.5. The van der Waals surface area contributed by atoms with Gasteiger partial charge in [-0.15, -0.1) is 0 Å². The molecular weight excluding hydrogens is 440 g/mol. The zero-order valence-corrected chi connectivity index (χ0v) is 18.0. The summed E-state index contributed by atoms with van der Waals surface area (Å²) in [7, 11) is 1.58. The number of methoxy groups -OCH3 is 1. The molecule has 0 atom stereocenters. The zero-order valence-electron chi connectivity index (χ0n) is 14.9. The van der Waals surface area contributed by atoms with Crippen molar-refractivity contribution in [1.82, 2.24) is 0 Å². The van der Waals surface area contributed by atoms with Crippen molar-refractivity contribution in [3.05, 3.63) is 85.8 Å². The van der Waals surface area contributed by atoms with Gasteiger partial charge < -0.3 is 14.8 Å². The van der Waals surface area contributed by atoms with Crippen LogP contribution >= 0.6 is 46.4 Å². The number of halogens is 4. The van der Waals surface area contributed by atoms with Crippen molar-refractivity contribution >= 4 is 52.1 Å². The maximum absolute atomic E-state index is 6.44. The molecule has 0 aliphatic heterocycles. The van der Waals surface area contributed by atoms with E-state index in [0.29, 0.717) is 44.7 Å². The van der Waals surface area contributed by atoms with E-state index >= 15 is 0 Å². The molecule has 0 unspecified atom stereocenters. The van der Waals surface area contributed by atoms with Crippen LogP contribution in [0.4, 0.5) is 5.69 Å². The summed E-state index contributed by atoms with van der Waals surface area (Å²) in [5.74, 6) is 1.04. The molecule has 0 saturated carbocycles. The highest BCUT2D eigenvalue weighted by atomic mass is 35.5. The van der Waals surface area contributed by atoms with Crippen LogP contribution in [-0.2, 0) is 13.2 Å². The SMILES string of the molecule is COc1cc(CNc2cc(Cl)cc(Cl)c2)cc(Cl)c1OCc1cccc(Cl)c1. The van der Waals surface area contributed by atoms with Gasteiger partial charge in [-0.1, -0.05) is 58.5 Å². The molecule has 0 heterocycles. The molecule has 0 aromatic heterocycles. The molecule has 0 spiro atoms. The first-order valence-electron chi connectivity index (χ1n) is 8.38. The first-order chi connectivity index (χ1) is 13.4. The van der Waals surface area contributed by atoms with Crippen molar-refractivity contribution in [2.75, 3.05) is 12.4 Å². The third-order valence-corrected chi connectivity index (χ3v) is 4.87. The van der Waals surface area contributed by atoms with Crippen molar-refractivity contribution in [2.45, 2.75) is 13.2 Å². The van der Waals surface area contributed by atoms with Crippen LogP contribution in [0, 0.1) is 0 Å². The van der Waals surface area contributed by atoms with Crippen LogP contribution in [0.5, 0.6) is 11.5 Å². The van der Waals surface area contributed by atoms with Gasteiger partial charge in [0.05, 0.1) is 12.1 Å². The predicted molar refractivity (Wildman–Crippen MR) is 118 cm³/mol. The van der Waals surface area contributed by atoms with E-state index in [1.165, 1.54) is 0 Å². The van der Waals surface area contributed by atoms with E-state index in [4.69, 9.17) is 55.9 Å². The van der Waals surface area contributed by atoms with E-state index in [1.54, 1.807) is 25.3 Å². The van der Waals surface area contributed by atoms with Gasteiger partial charge in [0, 0.05) is 27.3 Å². The van der Waals surface area contributed by atoms with E-state index in [2.05, 4.69) is 5.32 Å². The van der Waals surface area contributed by atoms with Gasteiger partial charge >= 0.3 is 0 Å². The minimum absolute atomic E-state index is 0.329. The van der Waals surface area contributed by atoms with Crippen LogP contribution in [0.1, 0.15) is 11.1 Å². The van der Waals surface area contributed by atoms with Crippen LogP contribution in [0.3, 0.4) is 0 Å². The summed E-state index contributed by atoms with van der Waals surface area (Å²) in [5, 5.41) is 5.51. The summed E-state index contributed by atoms with van der Waals surface area (Å²) in [4.78, 5) is 0. The molecule has 0 bridgehead atoms. The molecule has 3 nitrogen and oxygen atoms in total. The van der Waals surface area contributed by atoms with Crippen molar-refractivity contribution in [3.63, 3.8) is 0 Å². The first kappa shape index (κ1) is 20.9. The third-order valence-electron chi connectivity index (χ3n) is 3.92. The Hall–Kier alpha value is -1.78. The maximum atomic E-state index is 6.44. The Morgan fingerprint density at radius 2 is 1.57 bits per heavy atom. The number of ether oxygens (including phenoxy) is 2. The average molecular weight is 457 g/mol. The van der Waals surface area contributed by atoms with Gasteiger partial charge in [0.1, 0.15) is 6.61 Å². The van der Waals surface area contributed by atoms with Gasteiger partial charge in [-0.05, 0) is 53.6 Å². The van der Waals surface area contributed by atoms with E-state index in [0.717, 1.165) is 16.8 Å². The lowest BCUT2D eigenvalue weighted by molar-refractivity contribution is 0.284. The molecule has 3 aromatic carbocycles. The Bertz CT molecular complexity index is 958. The van der Waals surface area contributed by atoms with E-state index < -0.39 is 0 Å². The molecule has 146 valence electrons. The summed E-state index contributed by atoms with van der Waals surface area (Å²) in [6.45, 7) is 0.844. The maximum Gasteiger partial charge on any atom is 0.180 e. The second kappa shape index (κ2) is 9.62. The van der Waals surface area contributed by atoms with Gasteiger partial charge in [0.2, 0.25) is 0 Å². The average Bonchev–Trinajstić information content (AvgIpc) is 2.64. The zero-order chi connectivity index (χ0) is 20.1. The second-order valence-corrected chi connectivity index (χ2v) is 7.76. The summed E-state index contributed by atoms with van der Waals surface area (Å²) in [6, 6.07) is 16.4. The Morgan fingerprint density at radius 3 is 2.25 bits per heavy atom. The highest BCUT2D eigenvalue weighted by Crippen LogP contribution is 2.37. The van der Waals surface area contributed by atoms with Gasteiger partial charge in [-0.3, -0.25) is 0 Å². The normalized spacial score (nSPS) is 10.6. The van der Waals surface area contributed by atoms with Crippen LogP contribution in [0.2, 0.25) is 20.1 Å². The minimum atomic E-state index is 0.329. The number of rotatable bonds is 7. The number of nitrogens with one attached hydrogen (secondary N) is 1. The molecule has 0 radical (unpaired) electrons. The molecule has 0 amide bonds. The van der Waals surface area contributed by atoms with Gasteiger partial charge in [0.25, 0.3) is 0 Å². The van der Waals surface area contributed by atoms with Crippen molar-refractivity contribution in [3.8, 4) is 11.5 Å². The topological polar surface area (TPSA) is 30.5 Å². The molecule has 7 heteroatoms. The molecule has 0 saturated heterocycles. The van der Waals surface area contributed by atoms with Crippen LogP contribution in [-0.4, -0.2) is 7.11 Å². The first-order valence-corrected chi connectivity index (χ1v) is 9.89. The third kappa shape index (κ3) is 5.62. The second-order valence-electron chi connectivity index (χ2n) is 6.04. The summed E-state index contributed by atoms with van der Waals surface area (Å²) in [5.41, 5.74) is 2.68. The molecule has 0 aliphatic rings. The Morgan fingerprint density at radius 1 is 0.821 bits per heavy atom. The molecule has 0 fully saturated rings. The molecule has 1 N–H and O–H groups in total. The molecule has 28 heavy (non-hydrogen) atoms. The number of benzene rings is 3. The van der Waals surface area contributed by atoms with E-state index in [-0.39, 0.29) is 0 Å². The van der Waals surface area contributed by atoms with Crippen molar-refractivity contribution in [2.24, 2.45) is 0 Å². The van der Waals surface area contributed by atoms with Crippen LogP contribution in [0.25, 0.3) is 0 Å².